The van der Waals surface area contributed by atoms with Crippen molar-refractivity contribution in [3.63, 3.8) is 0 Å². The van der Waals surface area contributed by atoms with Crippen LogP contribution >= 0.6 is 15.9 Å². The van der Waals surface area contributed by atoms with Crippen LogP contribution in [-0.4, -0.2) is 22.7 Å². The van der Waals surface area contributed by atoms with E-state index in [0.717, 1.165) is 16.5 Å². The third kappa shape index (κ3) is 4.77. The molecule has 0 saturated carbocycles. The van der Waals surface area contributed by atoms with E-state index in [2.05, 4.69) is 38.9 Å². The minimum atomic E-state index is -0.364. The summed E-state index contributed by atoms with van der Waals surface area (Å²) in [5.74, 6) is 1.24. The van der Waals surface area contributed by atoms with Crippen molar-refractivity contribution in [3.8, 4) is 17.6 Å². The molecule has 150 valence electrons. The summed E-state index contributed by atoms with van der Waals surface area (Å²) in [6.07, 6.45) is 2.61. The van der Waals surface area contributed by atoms with E-state index in [0.29, 0.717) is 40.5 Å². The number of fused-ring (bicyclic) bond motifs is 1. The second-order valence-corrected chi connectivity index (χ2v) is 7.37. The highest BCUT2D eigenvalue weighted by Crippen LogP contribution is 2.38. The van der Waals surface area contributed by atoms with Gasteiger partial charge in [0.05, 0.1) is 33.8 Å². The Bertz CT molecular complexity index is 1100. The molecule has 0 amide bonds. The number of rotatable bonds is 7. The van der Waals surface area contributed by atoms with Gasteiger partial charge in [-0.2, -0.15) is 5.26 Å². The number of hydrogen-bond donors (Lipinski definition) is 1. The number of benzene rings is 2. The molecule has 1 heterocycles. The van der Waals surface area contributed by atoms with Crippen molar-refractivity contribution in [2.24, 2.45) is 0 Å². The number of nitrogens with one attached hydrogen (secondary N) is 1. The third-order valence-electron chi connectivity index (χ3n) is 4.36. The van der Waals surface area contributed by atoms with Gasteiger partial charge < -0.3 is 14.5 Å². The molecule has 2 aromatic carbocycles. The van der Waals surface area contributed by atoms with E-state index in [1.807, 2.05) is 26.0 Å². The molecule has 0 aliphatic heterocycles. The Kier molecular flexibility index (Phi) is 6.55. The van der Waals surface area contributed by atoms with Crippen molar-refractivity contribution in [2.45, 2.75) is 33.3 Å². The number of halogens is 2. The maximum atomic E-state index is 13.4. The molecule has 0 saturated heterocycles. The molecule has 0 spiro atoms. The van der Waals surface area contributed by atoms with Crippen LogP contribution in [0.2, 0.25) is 0 Å². The van der Waals surface area contributed by atoms with E-state index in [9.17, 15) is 9.65 Å². The third-order valence-corrected chi connectivity index (χ3v) is 4.95. The molecule has 3 aromatic rings. The minimum absolute atomic E-state index is 0.0394. The summed E-state index contributed by atoms with van der Waals surface area (Å²) >= 11 is 3.55. The Morgan fingerprint density at radius 3 is 2.83 bits per heavy atom. The molecule has 0 bridgehead atoms. The zero-order chi connectivity index (χ0) is 21.0. The van der Waals surface area contributed by atoms with Crippen molar-refractivity contribution in [3.05, 3.63) is 52.0 Å². The maximum Gasteiger partial charge on any atom is 0.175 e. The van der Waals surface area contributed by atoms with Crippen LogP contribution in [0, 0.1) is 17.1 Å². The molecule has 5 nitrogen and oxygen atoms in total. The van der Waals surface area contributed by atoms with E-state index in [1.54, 1.807) is 12.1 Å². The first-order valence-corrected chi connectivity index (χ1v) is 10.1. The van der Waals surface area contributed by atoms with Gasteiger partial charge in [0.15, 0.2) is 11.5 Å². The molecule has 0 aliphatic carbocycles. The number of aromatic amines is 1. The molecule has 0 unspecified atom stereocenters. The summed E-state index contributed by atoms with van der Waals surface area (Å²) in [6, 6.07) is 10.1. The van der Waals surface area contributed by atoms with Crippen molar-refractivity contribution in [1.82, 2.24) is 9.97 Å². The van der Waals surface area contributed by atoms with E-state index in [4.69, 9.17) is 9.47 Å². The van der Waals surface area contributed by atoms with Gasteiger partial charge in [0, 0.05) is 0 Å². The van der Waals surface area contributed by atoms with Crippen LogP contribution in [-0.2, 0) is 0 Å². The molecule has 1 aromatic heterocycles. The summed E-state index contributed by atoms with van der Waals surface area (Å²) < 4.78 is 25.9. The first-order valence-electron chi connectivity index (χ1n) is 9.35. The fourth-order valence-electron chi connectivity index (χ4n) is 2.76. The minimum Gasteiger partial charge on any atom is -0.490 e. The van der Waals surface area contributed by atoms with Gasteiger partial charge in [-0.15, -0.1) is 0 Å². The molecular weight excluding hydrogens is 437 g/mol. The average molecular weight is 458 g/mol. The van der Waals surface area contributed by atoms with Crippen LogP contribution in [0.1, 0.15) is 38.6 Å². The van der Waals surface area contributed by atoms with Gasteiger partial charge in [0.25, 0.3) is 0 Å². The number of imidazole rings is 1. The Labute approximate surface area is 177 Å². The van der Waals surface area contributed by atoms with Gasteiger partial charge in [-0.1, -0.05) is 6.92 Å². The number of nitriles is 1. The van der Waals surface area contributed by atoms with E-state index < -0.39 is 0 Å². The number of H-pyrrole nitrogens is 1. The van der Waals surface area contributed by atoms with Gasteiger partial charge in [0.1, 0.15) is 17.7 Å². The number of ether oxygens (including phenoxy) is 2. The zero-order valence-corrected chi connectivity index (χ0v) is 18.0. The fourth-order valence-corrected chi connectivity index (χ4v) is 3.32. The summed E-state index contributed by atoms with van der Waals surface area (Å²) in [6.45, 7) is 6.43. The lowest BCUT2D eigenvalue weighted by Gasteiger charge is -2.18. The van der Waals surface area contributed by atoms with Crippen molar-refractivity contribution >= 4 is 38.6 Å². The molecule has 0 aliphatic rings. The van der Waals surface area contributed by atoms with E-state index >= 15 is 0 Å². The highest BCUT2D eigenvalue weighted by atomic mass is 79.9. The van der Waals surface area contributed by atoms with Gasteiger partial charge in [0.2, 0.25) is 0 Å². The van der Waals surface area contributed by atoms with Gasteiger partial charge in [-0.3, -0.25) is 0 Å². The highest BCUT2D eigenvalue weighted by Gasteiger charge is 2.15. The van der Waals surface area contributed by atoms with Crippen LogP contribution < -0.4 is 9.47 Å². The van der Waals surface area contributed by atoms with Gasteiger partial charge >= 0.3 is 0 Å². The van der Waals surface area contributed by atoms with Crippen LogP contribution in [0.15, 0.2) is 34.8 Å². The van der Waals surface area contributed by atoms with Crippen LogP contribution in [0.4, 0.5) is 4.39 Å². The van der Waals surface area contributed by atoms with Crippen molar-refractivity contribution < 1.29 is 13.9 Å². The maximum absolute atomic E-state index is 13.4. The Balaban J connectivity index is 2.03. The first-order chi connectivity index (χ1) is 13.9. The lowest BCUT2D eigenvalue weighted by Crippen LogP contribution is -2.11. The molecule has 1 N–H and O–H groups in total. The molecule has 3 rings (SSSR count). The summed E-state index contributed by atoms with van der Waals surface area (Å²) in [4.78, 5) is 7.39. The number of aromatic nitrogens is 2. The smallest absolute Gasteiger partial charge is 0.175 e. The van der Waals surface area contributed by atoms with Crippen LogP contribution in [0.5, 0.6) is 11.5 Å². The summed E-state index contributed by atoms with van der Waals surface area (Å²) in [5, 5.41) is 9.65. The summed E-state index contributed by atoms with van der Waals surface area (Å²) in [7, 11) is 0. The number of allylic oxidation sites excluding steroid dienone is 1. The second kappa shape index (κ2) is 9.10. The topological polar surface area (TPSA) is 70.9 Å². The molecule has 29 heavy (non-hydrogen) atoms. The van der Waals surface area contributed by atoms with E-state index in [1.165, 1.54) is 12.1 Å². The van der Waals surface area contributed by atoms with Crippen molar-refractivity contribution in [2.75, 3.05) is 6.61 Å². The van der Waals surface area contributed by atoms with Gasteiger partial charge in [-0.05, 0) is 78.2 Å². The standard InChI is InChI=1S/C22H21BrFN3O2/c1-4-13(3)29-21-17(23)9-14(10-20(21)28-5-2)8-15(12-25)22-26-18-7-6-16(24)11-19(18)27-22/h6-11,13H,4-5H2,1-3H3,(H,26,27)/b15-8-/t13-/m0/s1. The Morgan fingerprint density at radius 2 is 2.14 bits per heavy atom. The molecule has 0 radical (unpaired) electrons. The largest absolute Gasteiger partial charge is 0.490 e. The molecule has 0 fully saturated rings. The Morgan fingerprint density at radius 1 is 1.34 bits per heavy atom. The fraction of sp³-hybridized carbons (Fsp3) is 0.273. The average Bonchev–Trinajstić information content (AvgIpc) is 3.11. The summed E-state index contributed by atoms with van der Waals surface area (Å²) in [5.41, 5.74) is 2.21. The number of hydrogen-bond acceptors (Lipinski definition) is 4. The normalized spacial score (nSPS) is 12.6. The lowest BCUT2D eigenvalue weighted by molar-refractivity contribution is 0.202. The monoisotopic (exact) mass is 457 g/mol. The predicted octanol–water partition coefficient (Wildman–Crippen LogP) is 6.10. The first kappa shape index (κ1) is 20.9. The SMILES string of the molecule is CCOc1cc(/C=C(/C#N)c2nc3ccc(F)cc3[nH]2)cc(Br)c1O[C@@H](C)CC. The van der Waals surface area contributed by atoms with Crippen molar-refractivity contribution in [1.29, 1.82) is 5.26 Å². The van der Waals surface area contributed by atoms with Crippen LogP contribution in [0.25, 0.3) is 22.7 Å². The lowest BCUT2D eigenvalue weighted by atomic mass is 10.1. The zero-order valence-electron chi connectivity index (χ0n) is 16.4. The van der Waals surface area contributed by atoms with E-state index in [-0.39, 0.29) is 11.9 Å². The highest BCUT2D eigenvalue weighted by molar-refractivity contribution is 9.10. The second-order valence-electron chi connectivity index (χ2n) is 6.52. The molecule has 7 heteroatoms. The predicted molar refractivity (Wildman–Crippen MR) is 115 cm³/mol. The Hall–Kier alpha value is -2.85. The molecule has 1 atom stereocenters. The quantitative estimate of drug-likeness (QED) is 0.434. The molecular formula is C22H21BrFN3O2. The number of nitrogens with zero attached hydrogens (tertiary/aromatic N) is 2. The van der Waals surface area contributed by atoms with Gasteiger partial charge in [-0.25, -0.2) is 9.37 Å². The van der Waals surface area contributed by atoms with Crippen LogP contribution in [0.3, 0.4) is 0 Å².